The van der Waals surface area contributed by atoms with Crippen LogP contribution in [0.5, 0.6) is 0 Å². The minimum Gasteiger partial charge on any atom is -0.305 e. The Morgan fingerprint density at radius 1 is 0.433 bits per heavy atom. The number of benzene rings is 5. The molecule has 7 aliphatic rings. The zero-order valence-electron chi connectivity index (χ0n) is 76.5. The second-order valence-corrected chi connectivity index (χ2v) is 41.3. The lowest BCUT2D eigenvalue weighted by molar-refractivity contribution is -0.242. The molecule has 7 saturated carbocycles. The van der Waals surface area contributed by atoms with Crippen LogP contribution in [0.25, 0.3) is 55.2 Å². The summed E-state index contributed by atoms with van der Waals surface area (Å²) < 4.78 is 269. The van der Waals surface area contributed by atoms with Gasteiger partial charge in [0, 0.05) is 139 Å². The number of hydrogen-bond donors (Lipinski definition) is 5. The van der Waals surface area contributed by atoms with E-state index in [1.54, 1.807) is 48.3 Å². The van der Waals surface area contributed by atoms with Gasteiger partial charge in [-0.1, -0.05) is 32.4 Å². The van der Waals surface area contributed by atoms with E-state index in [1.165, 1.54) is 28.2 Å². The van der Waals surface area contributed by atoms with Crippen LogP contribution in [0.15, 0.2) is 54.6 Å². The van der Waals surface area contributed by atoms with Crippen molar-refractivity contribution in [3.63, 3.8) is 0 Å². The second kappa shape index (κ2) is 35.1. The third-order valence-electron chi connectivity index (χ3n) is 27.9. The van der Waals surface area contributed by atoms with Crippen molar-refractivity contribution in [3.8, 4) is 6.07 Å². The third kappa shape index (κ3) is 19.1. The lowest BCUT2D eigenvalue weighted by Crippen LogP contribution is -2.60. The highest BCUT2D eigenvalue weighted by Gasteiger charge is 2.69. The van der Waals surface area contributed by atoms with Gasteiger partial charge >= 0.3 is 0 Å². The summed E-state index contributed by atoms with van der Waals surface area (Å²) in [6.45, 7) is 25.8. The summed E-state index contributed by atoms with van der Waals surface area (Å²) in [5.41, 5.74) is -9.62. The lowest BCUT2D eigenvalue weighted by Gasteiger charge is -2.47. The van der Waals surface area contributed by atoms with Crippen LogP contribution in [0.3, 0.4) is 0 Å². The second-order valence-electron chi connectivity index (χ2n) is 40.9. The van der Waals surface area contributed by atoms with E-state index in [-0.39, 0.29) is 108 Å². The SMILES string of the molecule is CC(C)(C)n1c(NC(=O)CC2CC(F)(F)C2(C)F)nc2cc(F)c(Cl)cc21.CC(C)(C)n1c(NC(=O)CC2CC(F)(F)C2(C)F)nc2cc(F)cc(F)c21.CC(F)C(C)(C)CC(=O)Nc1nc2cc(F)c(F)cc2n1C1(C)CCC1.CC1(CC(=O)Nc2nc3cc(F)c(F)c(F)c3n2C2(C)CCC2)CC1.CC1(n2c(NC(=O)CC3CC(F)(F)C3(C)F)nc3ccc(F)c(C#N)c32)CCC1. The van der Waals surface area contributed by atoms with Gasteiger partial charge in [0.25, 0.3) is 17.8 Å². The van der Waals surface area contributed by atoms with Gasteiger partial charge in [-0.2, -0.15) is 5.26 Å². The summed E-state index contributed by atoms with van der Waals surface area (Å²) in [5.74, 6) is -24.6. The molecule has 0 bridgehead atoms. The lowest BCUT2D eigenvalue weighted by atomic mass is 9.67. The fourth-order valence-corrected chi connectivity index (χ4v) is 18.2. The van der Waals surface area contributed by atoms with Gasteiger partial charge in [-0.15, -0.1) is 0 Å². The number of nitrogens with one attached hydrogen (secondary N) is 5. The van der Waals surface area contributed by atoms with Crippen molar-refractivity contribution >= 4 is 126 Å². The van der Waals surface area contributed by atoms with Crippen molar-refractivity contribution in [3.05, 3.63) is 118 Å². The number of alkyl halides is 10. The van der Waals surface area contributed by atoms with Gasteiger partial charge in [0.05, 0.1) is 49.2 Å². The summed E-state index contributed by atoms with van der Waals surface area (Å²) in [7, 11) is 0. The highest BCUT2D eigenvalue weighted by atomic mass is 35.5. The van der Waals surface area contributed by atoms with E-state index in [4.69, 9.17) is 11.6 Å². The van der Waals surface area contributed by atoms with E-state index in [2.05, 4.69) is 51.5 Å². The molecule has 0 aliphatic heterocycles. The zero-order valence-corrected chi connectivity index (χ0v) is 77.2. The first kappa shape index (κ1) is 101. The molecule has 5 heterocycles. The molecule has 41 heteroatoms. The van der Waals surface area contributed by atoms with Gasteiger partial charge in [0.1, 0.15) is 46.3 Å². The number of anilines is 5. The Balaban J connectivity index is 0.000000142. The summed E-state index contributed by atoms with van der Waals surface area (Å²) in [6, 6.07) is 11.7. The molecular formula is C93H104ClF19N16O5. The van der Waals surface area contributed by atoms with E-state index in [9.17, 15) is 113 Å². The van der Waals surface area contributed by atoms with E-state index in [1.807, 2.05) is 54.5 Å². The monoisotopic (exact) mass is 1920 g/mol. The molecule has 7 aliphatic carbocycles. The maximum atomic E-state index is 14.5. The summed E-state index contributed by atoms with van der Waals surface area (Å²) in [4.78, 5) is 83.0. The van der Waals surface area contributed by atoms with Crippen LogP contribution in [-0.2, 0) is 51.7 Å². The number of rotatable bonds is 19. The largest absolute Gasteiger partial charge is 0.305 e. The molecule has 5 amide bonds. The highest BCUT2D eigenvalue weighted by Crippen LogP contribution is 2.59. The summed E-state index contributed by atoms with van der Waals surface area (Å²) in [5, 5.41) is 22.4. The normalized spacial score (nSPS) is 23.1. The number of nitrogens with zero attached hydrogens (tertiary/aromatic N) is 11. The number of carbonyl (C=O) groups excluding carboxylic acids is 5. The van der Waals surface area contributed by atoms with Crippen LogP contribution in [0.2, 0.25) is 5.02 Å². The molecule has 10 aromatic rings. The fourth-order valence-electron chi connectivity index (χ4n) is 18.0. The molecule has 134 heavy (non-hydrogen) atoms. The summed E-state index contributed by atoms with van der Waals surface area (Å²) in [6.07, 6.45) is 5.45. The molecule has 21 nitrogen and oxygen atoms in total. The molecule has 0 radical (unpaired) electrons. The quantitative estimate of drug-likeness (QED) is 0.0376. The Kier molecular flexibility index (Phi) is 26.4. The maximum absolute atomic E-state index is 14.5. The van der Waals surface area contributed by atoms with Crippen LogP contribution in [0.1, 0.15) is 238 Å². The number of hydrogen-bond acceptors (Lipinski definition) is 11. The van der Waals surface area contributed by atoms with Gasteiger partial charge < -0.3 is 22.8 Å². The van der Waals surface area contributed by atoms with Gasteiger partial charge in [-0.3, -0.25) is 50.6 Å². The van der Waals surface area contributed by atoms with Crippen molar-refractivity contribution in [2.75, 3.05) is 26.6 Å². The van der Waals surface area contributed by atoms with Gasteiger partial charge in [0.15, 0.2) is 51.9 Å². The maximum Gasteiger partial charge on any atom is 0.281 e. The molecular weight excluding hydrogens is 1820 g/mol. The molecule has 5 aromatic carbocycles. The molecule has 7 fully saturated rings. The van der Waals surface area contributed by atoms with Crippen molar-refractivity contribution < 1.29 is 107 Å². The third-order valence-corrected chi connectivity index (χ3v) is 28.2. The van der Waals surface area contributed by atoms with Crippen molar-refractivity contribution in [2.45, 2.75) is 301 Å². The number of amides is 5. The van der Waals surface area contributed by atoms with E-state index in [0.29, 0.717) is 29.0 Å². The fraction of sp³-hybridized carbons (Fsp3) is 0.559. The van der Waals surface area contributed by atoms with Crippen molar-refractivity contribution in [1.82, 2.24) is 47.8 Å². The number of imidazole rings is 5. The number of aromatic nitrogens is 10. The predicted molar refractivity (Wildman–Crippen MR) is 466 cm³/mol. The van der Waals surface area contributed by atoms with Gasteiger partial charge in [-0.05, 0) is 184 Å². The van der Waals surface area contributed by atoms with E-state index >= 15 is 0 Å². The number of carbonyl (C=O) groups is 5. The van der Waals surface area contributed by atoms with Crippen LogP contribution >= 0.6 is 11.6 Å². The van der Waals surface area contributed by atoms with Crippen LogP contribution in [0, 0.1) is 92.3 Å². The summed E-state index contributed by atoms with van der Waals surface area (Å²) >= 11 is 5.86. The molecule has 0 spiro atoms. The molecule has 17 rings (SSSR count). The molecule has 7 unspecified atom stereocenters. The smallest absolute Gasteiger partial charge is 0.281 e. The average Bonchev–Trinajstić information content (AvgIpc) is 1.43. The number of nitriles is 1. The minimum absolute atomic E-state index is 0.00299. The Labute approximate surface area is 763 Å². The van der Waals surface area contributed by atoms with Crippen LogP contribution in [0.4, 0.5) is 113 Å². The Morgan fingerprint density at radius 2 is 0.821 bits per heavy atom. The highest BCUT2D eigenvalue weighted by molar-refractivity contribution is 6.31. The molecule has 726 valence electrons. The number of fused-ring (bicyclic) bond motifs is 5. The van der Waals surface area contributed by atoms with Crippen molar-refractivity contribution in [2.24, 2.45) is 28.6 Å². The Hall–Kier alpha value is -10.8. The zero-order chi connectivity index (χ0) is 99.2. The first-order valence-corrected chi connectivity index (χ1v) is 44.3. The van der Waals surface area contributed by atoms with Gasteiger partial charge in [-0.25, -0.2) is 108 Å². The minimum atomic E-state index is -3.46. The Bertz CT molecular complexity index is 6370. The van der Waals surface area contributed by atoms with E-state index in [0.717, 1.165) is 128 Å². The number of halogens is 20. The van der Waals surface area contributed by atoms with E-state index < -0.39 is 195 Å². The predicted octanol–water partition coefficient (Wildman–Crippen LogP) is 24.1. The van der Waals surface area contributed by atoms with Crippen LogP contribution < -0.4 is 26.6 Å². The van der Waals surface area contributed by atoms with Crippen LogP contribution in [-0.4, -0.2) is 118 Å². The Morgan fingerprint density at radius 3 is 1.27 bits per heavy atom. The molecule has 0 saturated heterocycles. The molecule has 7 atom stereocenters. The van der Waals surface area contributed by atoms with Gasteiger partial charge in [0.2, 0.25) is 59.3 Å². The first-order valence-electron chi connectivity index (χ1n) is 43.9. The molecule has 5 N–H and O–H groups in total. The standard InChI is InChI=1S/C20H20F4N4O.C19H24F3N3O.C18H20ClF4N3O.C18H20F5N3O.C18H20F3N3O/c1-18(6-3-7-18)28-16-12(10-25)13(21)4-5-14(16)26-17(28)27-15(29)8-11-9-20(23,24)19(11,2)22;1-11(20)18(2,3)10-16(26)24-17-23-14-8-12(21)13(22)9-15(14)25(17)19(4)6-5-7-19;1-16(2,3)26-13-6-10(19)11(20)7-12(13)24-15(26)25-14(27)5-9-8-18(22,23)17(9,4)21;1-16(2,3)26-14-11(20)6-10(19)7-12(14)24-15(26)25-13(27)5-9-8-18(22,23)17(9,4)21;1-17(6-7-17)9-12(25)23-16-22-11-8-10(19)13(20)14(21)15(11)24(16)18(2)4-3-5-18/h4-5,11H,3,6-9H2,1-2H3,(H,26,27,29);8-9,11H,5-7,10H2,1-4H3,(H,23,24,26);2*6-7,9H,5,8H2,1-4H3,(H,24,25,27);8H,3-7,9H2,1-2H3,(H,22,23,25). The van der Waals surface area contributed by atoms with Crippen molar-refractivity contribution in [1.29, 1.82) is 5.26 Å². The topological polar surface area (TPSA) is 258 Å². The average molecular weight is 1920 g/mol. The first-order chi connectivity index (χ1) is 61.7. The molecule has 5 aromatic heterocycles.